The summed E-state index contributed by atoms with van der Waals surface area (Å²) in [6.07, 6.45) is 3.19. The molecule has 0 spiro atoms. The number of hydrogen-bond donors (Lipinski definition) is 2. The molecule has 2 aliphatic heterocycles. The number of para-hydroxylation sites is 1. The predicted molar refractivity (Wildman–Crippen MR) is 113 cm³/mol. The average Bonchev–Trinajstić information content (AvgIpc) is 2.73. The van der Waals surface area contributed by atoms with Gasteiger partial charge in [-0.1, -0.05) is 18.2 Å². The minimum absolute atomic E-state index is 0.222. The molecule has 156 valence electrons. The van der Waals surface area contributed by atoms with Gasteiger partial charge in [-0.15, -0.1) is 0 Å². The van der Waals surface area contributed by atoms with Crippen LogP contribution < -0.4 is 20.5 Å². The maximum absolute atomic E-state index is 13.2. The molecule has 3 atom stereocenters. The lowest BCUT2D eigenvalue weighted by Gasteiger charge is -2.35. The van der Waals surface area contributed by atoms with E-state index in [9.17, 15) is 14.9 Å². The molecule has 1 saturated heterocycles. The first kappa shape index (κ1) is 20.0. The monoisotopic (exact) mass is 407 g/mol. The Bertz CT molecular complexity index is 1060. The molecule has 0 aliphatic carbocycles. The largest absolute Gasteiger partial charge is 0.494 e. The molecule has 8 heteroatoms. The van der Waals surface area contributed by atoms with E-state index in [0.29, 0.717) is 29.4 Å². The summed E-state index contributed by atoms with van der Waals surface area (Å²) < 4.78 is 5.72. The van der Waals surface area contributed by atoms with Gasteiger partial charge < -0.3 is 15.0 Å². The summed E-state index contributed by atoms with van der Waals surface area (Å²) in [6.45, 7) is 5.19. The van der Waals surface area contributed by atoms with E-state index in [-0.39, 0.29) is 17.4 Å². The zero-order valence-electron chi connectivity index (χ0n) is 17.1. The highest BCUT2D eigenvalue weighted by molar-refractivity contribution is 5.98. The third-order valence-corrected chi connectivity index (χ3v) is 5.88. The summed E-state index contributed by atoms with van der Waals surface area (Å²) in [7, 11) is 0. The number of rotatable bonds is 4. The number of fused-ring (bicyclic) bond motifs is 1. The fourth-order valence-corrected chi connectivity index (χ4v) is 4.41. The van der Waals surface area contributed by atoms with Crippen LogP contribution in [0.4, 0.5) is 11.8 Å². The number of nitrogens with one attached hydrogen (secondary N) is 2. The van der Waals surface area contributed by atoms with Gasteiger partial charge in [-0.05, 0) is 39.2 Å². The van der Waals surface area contributed by atoms with E-state index in [1.54, 1.807) is 12.1 Å². The van der Waals surface area contributed by atoms with Crippen molar-refractivity contribution in [3.63, 3.8) is 0 Å². The van der Waals surface area contributed by atoms with Gasteiger partial charge in [0.15, 0.2) is 0 Å². The van der Waals surface area contributed by atoms with Crippen LogP contribution in [-0.4, -0.2) is 35.1 Å². The van der Waals surface area contributed by atoms with Gasteiger partial charge in [0.05, 0.1) is 18.2 Å². The maximum Gasteiger partial charge on any atom is 0.258 e. The fraction of sp³-hybridized carbons (Fsp3) is 0.455. The highest BCUT2D eigenvalue weighted by atomic mass is 16.5. The molecule has 0 radical (unpaired) electrons. The number of H-pyrrole nitrogens is 1. The zero-order valence-corrected chi connectivity index (χ0v) is 17.1. The molecule has 3 heterocycles. The van der Waals surface area contributed by atoms with Crippen LogP contribution in [0.25, 0.3) is 0 Å². The normalized spacial score (nSPS) is 23.3. The molecule has 2 aliphatic rings. The molecule has 8 nitrogen and oxygen atoms in total. The van der Waals surface area contributed by atoms with Crippen molar-refractivity contribution in [3.8, 4) is 11.8 Å². The molecule has 0 bridgehead atoms. The minimum atomic E-state index is -1.05. The van der Waals surface area contributed by atoms with Gasteiger partial charge in [-0.2, -0.15) is 10.2 Å². The third-order valence-electron chi connectivity index (χ3n) is 5.88. The molecule has 1 aromatic carbocycles. The number of amides is 1. The number of aromatic nitrogens is 2. The average molecular weight is 407 g/mol. The summed E-state index contributed by atoms with van der Waals surface area (Å²) in [6, 6.07) is 9.53. The van der Waals surface area contributed by atoms with E-state index in [4.69, 9.17) is 4.74 Å². The SMILES string of the molecule is CCOc1ccccc1C1c2c(nc(N3CCCCC3C)[nH]c2=O)NC(=O)C1C#N. The number of nitrogens with zero attached hydrogens (tertiary/aromatic N) is 3. The number of piperidine rings is 1. The molecule has 1 amide bonds. The quantitative estimate of drug-likeness (QED) is 0.806. The number of anilines is 2. The zero-order chi connectivity index (χ0) is 21.3. The first-order valence-electron chi connectivity index (χ1n) is 10.4. The van der Waals surface area contributed by atoms with Crippen molar-refractivity contribution >= 4 is 17.7 Å². The maximum atomic E-state index is 13.2. The second-order valence-corrected chi connectivity index (χ2v) is 7.73. The number of aromatic amines is 1. The van der Waals surface area contributed by atoms with Crippen molar-refractivity contribution < 1.29 is 9.53 Å². The Hall–Kier alpha value is -3.34. The van der Waals surface area contributed by atoms with Crippen LogP contribution in [0, 0.1) is 17.2 Å². The van der Waals surface area contributed by atoms with E-state index < -0.39 is 17.7 Å². The van der Waals surface area contributed by atoms with Crippen molar-refractivity contribution in [1.29, 1.82) is 5.26 Å². The van der Waals surface area contributed by atoms with Crippen molar-refractivity contribution in [3.05, 3.63) is 45.7 Å². The highest BCUT2D eigenvalue weighted by Crippen LogP contribution is 2.41. The number of carbonyl (C=O) groups is 1. The number of nitriles is 1. The van der Waals surface area contributed by atoms with Crippen molar-refractivity contribution in [2.75, 3.05) is 23.4 Å². The first-order chi connectivity index (χ1) is 14.5. The van der Waals surface area contributed by atoms with Gasteiger partial charge in [0.1, 0.15) is 17.5 Å². The fourth-order valence-electron chi connectivity index (χ4n) is 4.41. The van der Waals surface area contributed by atoms with Gasteiger partial charge in [-0.3, -0.25) is 14.6 Å². The third kappa shape index (κ3) is 3.41. The molecular weight excluding hydrogens is 382 g/mol. The molecule has 1 aromatic heterocycles. The van der Waals surface area contributed by atoms with Crippen LogP contribution in [0.15, 0.2) is 29.1 Å². The summed E-state index contributed by atoms with van der Waals surface area (Å²) in [5.41, 5.74) is 0.583. The lowest BCUT2D eigenvalue weighted by atomic mass is 9.79. The first-order valence-corrected chi connectivity index (χ1v) is 10.4. The Morgan fingerprint density at radius 1 is 1.30 bits per heavy atom. The Morgan fingerprint density at radius 3 is 2.83 bits per heavy atom. The number of hydrogen-bond acceptors (Lipinski definition) is 6. The van der Waals surface area contributed by atoms with E-state index >= 15 is 0 Å². The Morgan fingerprint density at radius 2 is 2.10 bits per heavy atom. The van der Waals surface area contributed by atoms with Crippen LogP contribution in [0.2, 0.25) is 0 Å². The lowest BCUT2D eigenvalue weighted by molar-refractivity contribution is -0.119. The molecule has 3 unspecified atom stereocenters. The van der Waals surface area contributed by atoms with Gasteiger partial charge in [0.2, 0.25) is 11.9 Å². The summed E-state index contributed by atoms with van der Waals surface area (Å²) in [4.78, 5) is 35.6. The Balaban J connectivity index is 1.87. The van der Waals surface area contributed by atoms with Gasteiger partial charge in [0.25, 0.3) is 5.56 Å². The van der Waals surface area contributed by atoms with Gasteiger partial charge >= 0.3 is 0 Å². The molecule has 30 heavy (non-hydrogen) atoms. The van der Waals surface area contributed by atoms with Crippen LogP contribution in [0.5, 0.6) is 5.75 Å². The van der Waals surface area contributed by atoms with E-state index in [1.165, 1.54) is 0 Å². The van der Waals surface area contributed by atoms with E-state index in [1.807, 2.05) is 19.1 Å². The second kappa shape index (κ2) is 8.19. The number of ether oxygens (including phenoxy) is 1. The summed E-state index contributed by atoms with van der Waals surface area (Å²) >= 11 is 0. The Labute approximate surface area is 174 Å². The van der Waals surface area contributed by atoms with Crippen LogP contribution in [0.1, 0.15) is 50.2 Å². The minimum Gasteiger partial charge on any atom is -0.494 e. The van der Waals surface area contributed by atoms with Gasteiger partial charge in [-0.25, -0.2) is 0 Å². The standard InChI is InChI=1S/C22H25N5O3/c1-3-30-16-10-5-4-9-14(16)17-15(12-23)20(28)24-19-18(17)21(29)26-22(25-19)27-11-7-6-8-13(27)2/h4-5,9-10,13,15,17H,3,6-8,11H2,1-2H3,(H2,24,25,26,28,29). The van der Waals surface area contributed by atoms with E-state index in [2.05, 4.69) is 33.2 Å². The van der Waals surface area contributed by atoms with Crippen molar-refractivity contribution in [2.24, 2.45) is 5.92 Å². The molecule has 1 fully saturated rings. The number of carbonyl (C=O) groups excluding carboxylic acids is 1. The lowest BCUT2D eigenvalue weighted by Crippen LogP contribution is -2.42. The predicted octanol–water partition coefficient (Wildman–Crippen LogP) is 2.77. The van der Waals surface area contributed by atoms with Crippen molar-refractivity contribution in [1.82, 2.24) is 9.97 Å². The smallest absolute Gasteiger partial charge is 0.258 e. The topological polar surface area (TPSA) is 111 Å². The van der Waals surface area contributed by atoms with Crippen LogP contribution in [-0.2, 0) is 4.79 Å². The Kier molecular flexibility index (Phi) is 5.44. The van der Waals surface area contributed by atoms with Crippen LogP contribution >= 0.6 is 0 Å². The second-order valence-electron chi connectivity index (χ2n) is 7.73. The van der Waals surface area contributed by atoms with Crippen molar-refractivity contribution in [2.45, 2.75) is 45.1 Å². The molecule has 0 saturated carbocycles. The molecule has 4 rings (SSSR count). The van der Waals surface area contributed by atoms with Crippen LogP contribution in [0.3, 0.4) is 0 Å². The highest BCUT2D eigenvalue weighted by Gasteiger charge is 2.41. The molecule has 2 N–H and O–H groups in total. The summed E-state index contributed by atoms with van der Waals surface area (Å²) in [5.74, 6) is -1.04. The number of benzene rings is 1. The molecule has 2 aromatic rings. The van der Waals surface area contributed by atoms with E-state index in [0.717, 1.165) is 25.8 Å². The molecular formula is C22H25N5O3. The summed E-state index contributed by atoms with van der Waals surface area (Å²) in [5, 5.41) is 12.4. The van der Waals surface area contributed by atoms with Gasteiger partial charge in [0, 0.05) is 24.1 Å².